The quantitative estimate of drug-likeness (QED) is 0.334. The number of anilines is 2. The first-order valence-electron chi connectivity index (χ1n) is 10.9. The summed E-state index contributed by atoms with van der Waals surface area (Å²) in [7, 11) is 0. The Morgan fingerprint density at radius 1 is 0.857 bits per heavy atom. The first-order chi connectivity index (χ1) is 16.8. The van der Waals surface area contributed by atoms with Gasteiger partial charge in [-0.3, -0.25) is 15.0 Å². The van der Waals surface area contributed by atoms with Gasteiger partial charge in [-0.05, 0) is 60.2 Å². The van der Waals surface area contributed by atoms with E-state index in [-0.39, 0.29) is 15.7 Å². The number of rotatable bonds is 5. The van der Waals surface area contributed by atoms with Crippen LogP contribution in [-0.4, -0.2) is 42.1 Å². The maximum atomic E-state index is 12.5. The predicted octanol–water partition coefficient (Wildman–Crippen LogP) is 6.75. The average Bonchev–Trinajstić information content (AvgIpc) is 2.83. The third-order valence-electron chi connectivity index (χ3n) is 5.67. The predicted molar refractivity (Wildman–Crippen MR) is 151 cm³/mol. The number of hydrogen-bond donors (Lipinski definition) is 2. The standard InChI is InChI=1S/C25H22Cl4N4OS/c26-17-5-7-21(28)19(13-17)24(34)31-25(35)30-18-6-8-23(22(29)14-18)33-11-9-32(10-12-33)15-16-3-1-2-4-20(16)27/h1-8,13-14H,9-12,15H2,(H2,30,31,34,35). The van der Waals surface area contributed by atoms with Gasteiger partial charge >= 0.3 is 0 Å². The maximum absolute atomic E-state index is 12.5. The van der Waals surface area contributed by atoms with Crippen LogP contribution in [0.4, 0.5) is 11.4 Å². The molecule has 1 fully saturated rings. The molecule has 5 nitrogen and oxygen atoms in total. The van der Waals surface area contributed by atoms with Gasteiger partial charge in [0, 0.05) is 48.5 Å². The lowest BCUT2D eigenvalue weighted by molar-refractivity contribution is 0.0978. The molecule has 0 aromatic heterocycles. The number of carbonyl (C=O) groups is 1. The molecule has 35 heavy (non-hydrogen) atoms. The Morgan fingerprint density at radius 2 is 1.60 bits per heavy atom. The van der Waals surface area contributed by atoms with Crippen molar-refractivity contribution in [3.8, 4) is 0 Å². The fourth-order valence-corrected chi connectivity index (χ4v) is 4.94. The van der Waals surface area contributed by atoms with E-state index in [9.17, 15) is 4.79 Å². The van der Waals surface area contributed by atoms with Crippen LogP contribution in [0.3, 0.4) is 0 Å². The van der Waals surface area contributed by atoms with Gasteiger partial charge in [0.2, 0.25) is 0 Å². The summed E-state index contributed by atoms with van der Waals surface area (Å²) in [4.78, 5) is 17.1. The van der Waals surface area contributed by atoms with Crippen LogP contribution < -0.4 is 15.5 Å². The summed E-state index contributed by atoms with van der Waals surface area (Å²) in [6.45, 7) is 4.35. The van der Waals surface area contributed by atoms with Crippen molar-refractivity contribution < 1.29 is 4.79 Å². The maximum Gasteiger partial charge on any atom is 0.258 e. The number of benzene rings is 3. The molecule has 10 heteroatoms. The Hall–Kier alpha value is -2.06. The van der Waals surface area contributed by atoms with E-state index in [2.05, 4.69) is 26.5 Å². The smallest absolute Gasteiger partial charge is 0.258 e. The lowest BCUT2D eigenvalue weighted by atomic mass is 10.2. The van der Waals surface area contributed by atoms with Crippen molar-refractivity contribution >= 4 is 81.0 Å². The number of nitrogens with one attached hydrogen (secondary N) is 2. The van der Waals surface area contributed by atoms with Crippen molar-refractivity contribution in [2.24, 2.45) is 0 Å². The minimum Gasteiger partial charge on any atom is -0.368 e. The number of carbonyl (C=O) groups excluding carboxylic acids is 1. The van der Waals surface area contributed by atoms with Crippen LogP contribution in [0.15, 0.2) is 60.7 Å². The summed E-state index contributed by atoms with van der Waals surface area (Å²) in [5.41, 5.74) is 3.00. The van der Waals surface area contributed by atoms with Crippen molar-refractivity contribution in [3.63, 3.8) is 0 Å². The topological polar surface area (TPSA) is 47.6 Å². The highest BCUT2D eigenvalue weighted by molar-refractivity contribution is 7.80. The fraction of sp³-hybridized carbons (Fsp3) is 0.200. The molecule has 1 amide bonds. The van der Waals surface area contributed by atoms with E-state index in [1.165, 1.54) is 6.07 Å². The van der Waals surface area contributed by atoms with Crippen LogP contribution in [0.2, 0.25) is 20.1 Å². The van der Waals surface area contributed by atoms with Gasteiger partial charge in [-0.2, -0.15) is 0 Å². The van der Waals surface area contributed by atoms with Crippen molar-refractivity contribution in [2.45, 2.75) is 6.54 Å². The molecule has 3 aromatic rings. The van der Waals surface area contributed by atoms with Crippen LogP contribution in [0, 0.1) is 0 Å². The molecule has 0 saturated carbocycles. The van der Waals surface area contributed by atoms with Gasteiger partial charge in [-0.1, -0.05) is 64.6 Å². The minimum atomic E-state index is -0.452. The monoisotopic (exact) mass is 566 g/mol. The number of piperazine rings is 1. The zero-order chi connectivity index (χ0) is 24.9. The molecule has 2 N–H and O–H groups in total. The van der Waals surface area contributed by atoms with E-state index >= 15 is 0 Å². The molecule has 0 bridgehead atoms. The highest BCUT2D eigenvalue weighted by Gasteiger charge is 2.20. The number of hydrogen-bond acceptors (Lipinski definition) is 4. The molecule has 0 aliphatic carbocycles. The first kappa shape index (κ1) is 26.0. The van der Waals surface area contributed by atoms with E-state index < -0.39 is 5.91 Å². The third-order valence-corrected chi connectivity index (χ3v) is 7.11. The van der Waals surface area contributed by atoms with Gasteiger partial charge in [-0.25, -0.2) is 0 Å². The minimum absolute atomic E-state index is 0.128. The normalized spacial score (nSPS) is 14.0. The zero-order valence-electron chi connectivity index (χ0n) is 18.5. The molecule has 182 valence electrons. The lowest BCUT2D eigenvalue weighted by Gasteiger charge is -2.36. The zero-order valence-corrected chi connectivity index (χ0v) is 22.4. The SMILES string of the molecule is O=C(NC(=S)Nc1ccc(N2CCN(Cc3ccccc3Cl)CC2)c(Cl)c1)c1cc(Cl)ccc1Cl. The van der Waals surface area contributed by atoms with E-state index in [0.29, 0.717) is 15.7 Å². The van der Waals surface area contributed by atoms with E-state index in [1.54, 1.807) is 18.2 Å². The summed E-state index contributed by atoms with van der Waals surface area (Å²) in [5.74, 6) is -0.452. The van der Waals surface area contributed by atoms with E-state index in [4.69, 9.17) is 58.6 Å². The summed E-state index contributed by atoms with van der Waals surface area (Å²) in [6.07, 6.45) is 0. The van der Waals surface area contributed by atoms with Crippen LogP contribution >= 0.6 is 58.6 Å². The van der Waals surface area contributed by atoms with Gasteiger partial charge in [0.05, 0.1) is 21.3 Å². The molecule has 1 aliphatic rings. The average molecular weight is 568 g/mol. The second-order valence-corrected chi connectivity index (χ2v) is 10.1. The van der Waals surface area contributed by atoms with Gasteiger partial charge in [0.1, 0.15) is 0 Å². The summed E-state index contributed by atoms with van der Waals surface area (Å²) in [6, 6.07) is 18.2. The number of thiocarbonyl (C=S) groups is 1. The molecule has 0 atom stereocenters. The van der Waals surface area contributed by atoms with Gasteiger partial charge in [0.25, 0.3) is 5.91 Å². The third kappa shape index (κ3) is 6.79. The molecular weight excluding hydrogens is 546 g/mol. The Balaban J connectivity index is 1.32. The van der Waals surface area contributed by atoms with Crippen LogP contribution in [0.25, 0.3) is 0 Å². The molecule has 0 unspecified atom stereocenters. The van der Waals surface area contributed by atoms with Gasteiger partial charge in [-0.15, -0.1) is 0 Å². The summed E-state index contributed by atoms with van der Waals surface area (Å²) < 4.78 is 0. The molecule has 0 radical (unpaired) electrons. The molecule has 1 saturated heterocycles. The molecule has 3 aromatic carbocycles. The molecular formula is C25H22Cl4N4OS. The summed E-state index contributed by atoms with van der Waals surface area (Å²) in [5, 5.41) is 7.81. The molecule has 1 aliphatic heterocycles. The summed E-state index contributed by atoms with van der Waals surface area (Å²) >= 11 is 30.2. The highest BCUT2D eigenvalue weighted by Crippen LogP contribution is 2.30. The fourth-order valence-electron chi connectivity index (χ4n) is 3.86. The van der Waals surface area contributed by atoms with E-state index in [0.717, 1.165) is 49.0 Å². The van der Waals surface area contributed by atoms with Crippen LogP contribution in [-0.2, 0) is 6.54 Å². The first-order valence-corrected chi connectivity index (χ1v) is 12.8. The van der Waals surface area contributed by atoms with Crippen LogP contribution in [0.1, 0.15) is 15.9 Å². The number of halogens is 4. The Morgan fingerprint density at radius 3 is 2.31 bits per heavy atom. The van der Waals surface area contributed by atoms with Crippen molar-refractivity contribution in [2.75, 3.05) is 36.4 Å². The Kier molecular flexibility index (Phi) is 8.76. The van der Waals surface area contributed by atoms with Crippen molar-refractivity contribution in [3.05, 3.63) is 91.9 Å². The number of nitrogens with zero attached hydrogens (tertiary/aromatic N) is 2. The van der Waals surface area contributed by atoms with Crippen molar-refractivity contribution in [1.82, 2.24) is 10.2 Å². The second-order valence-electron chi connectivity index (χ2n) is 8.05. The highest BCUT2D eigenvalue weighted by atomic mass is 35.5. The molecule has 0 spiro atoms. The Labute approximate surface area is 229 Å². The van der Waals surface area contributed by atoms with E-state index in [1.807, 2.05) is 30.3 Å². The number of amides is 1. The second kappa shape index (κ2) is 11.8. The molecule has 4 rings (SSSR count). The largest absolute Gasteiger partial charge is 0.368 e. The van der Waals surface area contributed by atoms with Gasteiger partial charge in [0.15, 0.2) is 5.11 Å². The Bertz CT molecular complexity index is 1250. The lowest BCUT2D eigenvalue weighted by Crippen LogP contribution is -2.46. The van der Waals surface area contributed by atoms with Gasteiger partial charge < -0.3 is 10.2 Å². The van der Waals surface area contributed by atoms with Crippen LogP contribution in [0.5, 0.6) is 0 Å². The van der Waals surface area contributed by atoms with Crippen molar-refractivity contribution in [1.29, 1.82) is 0 Å². The molecule has 1 heterocycles.